The Kier molecular flexibility index (Phi) is 4.29. The molecule has 0 atom stereocenters. The highest BCUT2D eigenvalue weighted by Crippen LogP contribution is 2.28. The Morgan fingerprint density at radius 2 is 2.00 bits per heavy atom. The van der Waals surface area contributed by atoms with Gasteiger partial charge in [-0.25, -0.2) is 9.55 Å². The Balaban J connectivity index is 0.00000120. The average molecular weight is 368 g/mol. The van der Waals surface area contributed by atoms with Gasteiger partial charge < -0.3 is 24.0 Å². The molecule has 0 spiro atoms. The summed E-state index contributed by atoms with van der Waals surface area (Å²) in [5.41, 5.74) is 2.27. The lowest BCUT2D eigenvalue weighted by Crippen LogP contribution is -3.00. The Hall–Kier alpha value is -1.01. The molecule has 18 heavy (non-hydrogen) atoms. The van der Waals surface area contributed by atoms with Crippen molar-refractivity contribution in [2.24, 2.45) is 0 Å². The van der Waals surface area contributed by atoms with Crippen molar-refractivity contribution in [3.8, 4) is 10.6 Å². The molecule has 0 aliphatic carbocycles. The smallest absolute Gasteiger partial charge is 0.179 e. The fraction of sp³-hybridized carbons (Fsp3) is 0.143. The first-order chi connectivity index (χ1) is 8.36. The summed E-state index contributed by atoms with van der Waals surface area (Å²) >= 11 is 1.75. The maximum absolute atomic E-state index is 4.66. The highest BCUT2D eigenvalue weighted by molar-refractivity contribution is 7.21. The van der Waals surface area contributed by atoms with Crippen molar-refractivity contribution < 1.29 is 28.5 Å². The molecule has 2 nitrogen and oxygen atoms in total. The van der Waals surface area contributed by atoms with Gasteiger partial charge in [0.15, 0.2) is 12.4 Å². The van der Waals surface area contributed by atoms with Crippen LogP contribution in [0.25, 0.3) is 20.8 Å². The lowest BCUT2D eigenvalue weighted by atomic mass is 10.3. The maximum atomic E-state index is 4.66. The Bertz CT molecular complexity index is 630. The first kappa shape index (κ1) is 13.4. The van der Waals surface area contributed by atoms with Gasteiger partial charge in [-0.1, -0.05) is 12.1 Å². The van der Waals surface area contributed by atoms with Crippen LogP contribution in [0.3, 0.4) is 0 Å². The molecule has 2 heterocycles. The minimum atomic E-state index is 0. The molecule has 92 valence electrons. The number of benzene rings is 1. The minimum absolute atomic E-state index is 0. The molecule has 0 amide bonds. The summed E-state index contributed by atoms with van der Waals surface area (Å²) in [6.07, 6.45) is 4.23. The molecule has 1 aromatic carbocycles. The topological polar surface area (TPSA) is 16.8 Å². The summed E-state index contributed by atoms with van der Waals surface area (Å²) in [5, 5.41) is 1.09. The fourth-order valence-corrected chi connectivity index (χ4v) is 2.80. The first-order valence-corrected chi connectivity index (χ1v) is 6.53. The van der Waals surface area contributed by atoms with E-state index in [1.807, 2.05) is 6.07 Å². The van der Waals surface area contributed by atoms with Gasteiger partial charge >= 0.3 is 0 Å². The molecular formula is C14H13IN2S. The molecule has 0 saturated carbocycles. The highest BCUT2D eigenvalue weighted by atomic mass is 127. The van der Waals surface area contributed by atoms with E-state index in [0.717, 1.165) is 17.1 Å². The number of hydrogen-bond donors (Lipinski definition) is 0. The third kappa shape index (κ3) is 2.54. The lowest BCUT2D eigenvalue weighted by molar-refractivity contribution is -0.693. The summed E-state index contributed by atoms with van der Waals surface area (Å²) in [6, 6.07) is 12.5. The number of rotatable bonds is 2. The van der Waals surface area contributed by atoms with Gasteiger partial charge in [0.1, 0.15) is 11.6 Å². The van der Waals surface area contributed by atoms with Gasteiger partial charge in [0.05, 0.1) is 15.8 Å². The molecule has 4 heteroatoms. The summed E-state index contributed by atoms with van der Waals surface area (Å²) in [6.45, 7) is 3.13. The van der Waals surface area contributed by atoms with Gasteiger partial charge in [0.2, 0.25) is 0 Å². The first-order valence-electron chi connectivity index (χ1n) is 5.72. The van der Waals surface area contributed by atoms with Crippen LogP contribution in [0.5, 0.6) is 0 Å². The van der Waals surface area contributed by atoms with E-state index in [9.17, 15) is 0 Å². The van der Waals surface area contributed by atoms with E-state index in [4.69, 9.17) is 0 Å². The van der Waals surface area contributed by atoms with Gasteiger partial charge in [0, 0.05) is 6.07 Å². The van der Waals surface area contributed by atoms with Crippen LogP contribution in [-0.2, 0) is 6.54 Å². The number of hydrogen-bond acceptors (Lipinski definition) is 2. The molecule has 3 aromatic rings. The largest absolute Gasteiger partial charge is 1.00 e. The average Bonchev–Trinajstić information content (AvgIpc) is 2.82. The van der Waals surface area contributed by atoms with Crippen LogP contribution in [0.2, 0.25) is 0 Å². The highest BCUT2D eigenvalue weighted by Gasteiger charge is 2.08. The molecule has 0 aliphatic heterocycles. The van der Waals surface area contributed by atoms with Gasteiger partial charge in [-0.15, -0.1) is 11.3 Å². The Morgan fingerprint density at radius 3 is 2.78 bits per heavy atom. The predicted molar refractivity (Wildman–Crippen MR) is 70.9 cm³/mol. The summed E-state index contributed by atoms with van der Waals surface area (Å²) < 4.78 is 3.41. The molecule has 0 saturated heterocycles. The van der Waals surface area contributed by atoms with Crippen LogP contribution >= 0.6 is 11.3 Å². The number of thiazole rings is 1. The number of pyridine rings is 1. The van der Waals surface area contributed by atoms with Crippen molar-refractivity contribution in [2.75, 3.05) is 0 Å². The number of nitrogens with zero attached hydrogens (tertiary/aromatic N) is 2. The van der Waals surface area contributed by atoms with Crippen molar-refractivity contribution in [3.05, 3.63) is 48.8 Å². The number of halogens is 1. The molecule has 0 unspecified atom stereocenters. The van der Waals surface area contributed by atoms with Crippen LogP contribution in [-0.4, -0.2) is 4.98 Å². The van der Waals surface area contributed by atoms with Gasteiger partial charge in [-0.05, 0) is 25.1 Å². The zero-order valence-electron chi connectivity index (χ0n) is 10.0. The van der Waals surface area contributed by atoms with Crippen molar-refractivity contribution in [3.63, 3.8) is 0 Å². The molecule has 0 N–H and O–H groups in total. The van der Waals surface area contributed by atoms with Gasteiger partial charge in [-0.2, -0.15) is 0 Å². The molecule has 0 fully saturated rings. The van der Waals surface area contributed by atoms with Gasteiger partial charge in [-0.3, -0.25) is 0 Å². The number of aryl methyl sites for hydroxylation is 1. The summed E-state index contributed by atoms with van der Waals surface area (Å²) in [4.78, 5) is 4.66. The van der Waals surface area contributed by atoms with E-state index < -0.39 is 0 Å². The predicted octanol–water partition coefficient (Wildman–Crippen LogP) is 0.275. The molecule has 3 rings (SSSR count). The van der Waals surface area contributed by atoms with Crippen LogP contribution in [0.1, 0.15) is 6.92 Å². The van der Waals surface area contributed by atoms with Gasteiger partial charge in [0.25, 0.3) is 0 Å². The maximum Gasteiger partial charge on any atom is 0.179 e. The van der Waals surface area contributed by atoms with Crippen LogP contribution in [0, 0.1) is 0 Å². The van der Waals surface area contributed by atoms with E-state index in [1.165, 1.54) is 10.3 Å². The fourth-order valence-electron chi connectivity index (χ4n) is 1.84. The minimum Gasteiger partial charge on any atom is -1.00 e. The SMILES string of the molecule is CC[n+]1cccc(-c2nc3ccccc3s2)c1.[I-]. The quantitative estimate of drug-likeness (QED) is 0.469. The standard InChI is InChI=1S/C14H13N2S.HI/c1-2-16-9-5-6-11(10-16)14-15-12-7-3-4-8-13(12)17-14;/h3-10H,2H2,1H3;1H/q+1;/p-1. The number of aromatic nitrogens is 2. The monoisotopic (exact) mass is 368 g/mol. The van der Waals surface area contributed by atoms with Crippen molar-refractivity contribution in [2.45, 2.75) is 13.5 Å². The lowest BCUT2D eigenvalue weighted by Gasteiger charge is -1.94. The Labute approximate surface area is 127 Å². The molecule has 0 radical (unpaired) electrons. The van der Waals surface area contributed by atoms with Crippen LogP contribution in [0.4, 0.5) is 0 Å². The second-order valence-corrected chi connectivity index (χ2v) is 4.94. The van der Waals surface area contributed by atoms with E-state index in [-0.39, 0.29) is 24.0 Å². The van der Waals surface area contributed by atoms with Crippen molar-refractivity contribution in [1.29, 1.82) is 0 Å². The summed E-state index contributed by atoms with van der Waals surface area (Å²) in [7, 11) is 0. The molecule has 0 aliphatic rings. The van der Waals surface area contributed by atoms with Crippen molar-refractivity contribution >= 4 is 21.6 Å². The summed E-state index contributed by atoms with van der Waals surface area (Å²) in [5.74, 6) is 0. The van der Waals surface area contributed by atoms with Crippen LogP contribution in [0.15, 0.2) is 48.8 Å². The van der Waals surface area contributed by atoms with Crippen molar-refractivity contribution in [1.82, 2.24) is 4.98 Å². The van der Waals surface area contributed by atoms with E-state index in [2.05, 4.69) is 59.2 Å². The normalized spacial score (nSPS) is 10.3. The van der Waals surface area contributed by atoms with Crippen LogP contribution < -0.4 is 28.5 Å². The third-order valence-corrected chi connectivity index (χ3v) is 3.85. The van der Waals surface area contributed by atoms with E-state index in [1.54, 1.807) is 11.3 Å². The zero-order valence-corrected chi connectivity index (χ0v) is 13.0. The molecular weight excluding hydrogens is 355 g/mol. The molecule has 0 bridgehead atoms. The second-order valence-electron chi connectivity index (χ2n) is 3.91. The number of para-hydroxylation sites is 1. The van der Waals surface area contributed by atoms with E-state index in [0.29, 0.717) is 0 Å². The Morgan fingerprint density at radius 1 is 1.17 bits per heavy atom. The zero-order chi connectivity index (χ0) is 11.7. The number of fused-ring (bicyclic) bond motifs is 1. The second kappa shape index (κ2) is 5.75. The van der Waals surface area contributed by atoms with E-state index >= 15 is 0 Å². The molecule has 2 aromatic heterocycles. The third-order valence-electron chi connectivity index (χ3n) is 2.76.